The SMILES string of the molecule is CC1CCC(NC(=O)Cn2nc3ccccn3c2=O)C1. The number of pyridine rings is 1. The molecule has 1 amide bonds. The molecule has 3 rings (SSSR count). The highest BCUT2D eigenvalue weighted by molar-refractivity contribution is 5.76. The van der Waals surface area contributed by atoms with Crippen LogP contribution in [0.3, 0.4) is 0 Å². The first-order valence-corrected chi connectivity index (χ1v) is 6.97. The van der Waals surface area contributed by atoms with E-state index in [2.05, 4.69) is 17.3 Å². The molecule has 0 aliphatic heterocycles. The largest absolute Gasteiger partial charge is 0.352 e. The lowest BCUT2D eigenvalue weighted by Crippen LogP contribution is -2.37. The van der Waals surface area contributed by atoms with Crippen molar-refractivity contribution in [2.24, 2.45) is 5.92 Å². The van der Waals surface area contributed by atoms with Crippen molar-refractivity contribution < 1.29 is 4.79 Å². The van der Waals surface area contributed by atoms with Crippen molar-refractivity contribution in [2.45, 2.75) is 38.8 Å². The molecule has 2 atom stereocenters. The van der Waals surface area contributed by atoms with Crippen LogP contribution in [0.4, 0.5) is 0 Å². The quantitative estimate of drug-likeness (QED) is 0.900. The summed E-state index contributed by atoms with van der Waals surface area (Å²) in [5.41, 5.74) is 0.273. The Morgan fingerprint density at radius 2 is 2.30 bits per heavy atom. The maximum absolute atomic E-state index is 12.0. The Labute approximate surface area is 116 Å². The van der Waals surface area contributed by atoms with Gasteiger partial charge in [0.25, 0.3) is 0 Å². The molecule has 2 aromatic heterocycles. The van der Waals surface area contributed by atoms with Crippen molar-refractivity contribution in [3.05, 3.63) is 34.9 Å². The summed E-state index contributed by atoms with van der Waals surface area (Å²) >= 11 is 0. The van der Waals surface area contributed by atoms with E-state index in [0.29, 0.717) is 11.6 Å². The van der Waals surface area contributed by atoms with Crippen molar-refractivity contribution in [2.75, 3.05) is 0 Å². The number of carbonyl (C=O) groups is 1. The molecule has 1 aliphatic rings. The molecular weight excluding hydrogens is 256 g/mol. The smallest absolute Gasteiger partial charge is 0.350 e. The van der Waals surface area contributed by atoms with Crippen LogP contribution in [0.2, 0.25) is 0 Å². The monoisotopic (exact) mass is 274 g/mol. The lowest BCUT2D eigenvalue weighted by atomic mass is 10.1. The number of hydrogen-bond donors (Lipinski definition) is 1. The molecular formula is C14H18N4O2. The van der Waals surface area contributed by atoms with Crippen LogP contribution in [0.25, 0.3) is 5.65 Å². The van der Waals surface area contributed by atoms with Crippen molar-refractivity contribution >= 4 is 11.6 Å². The van der Waals surface area contributed by atoms with Gasteiger partial charge in [-0.05, 0) is 37.3 Å². The Kier molecular flexibility index (Phi) is 3.30. The van der Waals surface area contributed by atoms with Crippen LogP contribution in [0, 0.1) is 5.92 Å². The van der Waals surface area contributed by atoms with Gasteiger partial charge in [0.05, 0.1) is 0 Å². The van der Waals surface area contributed by atoms with Gasteiger partial charge in [-0.15, -0.1) is 5.10 Å². The van der Waals surface area contributed by atoms with Crippen LogP contribution >= 0.6 is 0 Å². The molecule has 2 aromatic rings. The third-order valence-electron chi connectivity index (χ3n) is 3.84. The van der Waals surface area contributed by atoms with Gasteiger partial charge in [-0.25, -0.2) is 9.48 Å². The van der Waals surface area contributed by atoms with Gasteiger partial charge in [-0.2, -0.15) is 0 Å². The summed E-state index contributed by atoms with van der Waals surface area (Å²) in [4.78, 5) is 24.0. The molecule has 1 fully saturated rings. The fourth-order valence-electron chi connectivity index (χ4n) is 2.82. The fourth-order valence-corrected chi connectivity index (χ4v) is 2.82. The Morgan fingerprint density at radius 1 is 1.45 bits per heavy atom. The van der Waals surface area contributed by atoms with Crippen LogP contribution in [-0.4, -0.2) is 26.1 Å². The van der Waals surface area contributed by atoms with Crippen molar-refractivity contribution in [1.29, 1.82) is 0 Å². The molecule has 1 aliphatic carbocycles. The Balaban J connectivity index is 1.71. The van der Waals surface area contributed by atoms with Crippen LogP contribution in [0.5, 0.6) is 0 Å². The van der Waals surface area contributed by atoms with E-state index in [-0.39, 0.29) is 24.2 Å². The molecule has 6 heteroatoms. The second kappa shape index (κ2) is 5.11. The van der Waals surface area contributed by atoms with E-state index in [0.717, 1.165) is 19.3 Å². The van der Waals surface area contributed by atoms with Gasteiger partial charge >= 0.3 is 5.69 Å². The minimum absolute atomic E-state index is 0.0224. The number of nitrogens with one attached hydrogen (secondary N) is 1. The third kappa shape index (κ3) is 2.45. The summed E-state index contributed by atoms with van der Waals surface area (Å²) in [6.45, 7) is 2.17. The van der Waals surface area contributed by atoms with E-state index in [9.17, 15) is 9.59 Å². The van der Waals surface area contributed by atoms with E-state index in [4.69, 9.17) is 0 Å². The normalized spacial score (nSPS) is 22.2. The lowest BCUT2D eigenvalue weighted by Gasteiger charge is -2.11. The van der Waals surface area contributed by atoms with E-state index >= 15 is 0 Å². The summed E-state index contributed by atoms with van der Waals surface area (Å²) in [5, 5.41) is 7.13. The van der Waals surface area contributed by atoms with Gasteiger partial charge in [-0.3, -0.25) is 9.20 Å². The highest BCUT2D eigenvalue weighted by atomic mass is 16.2. The molecule has 20 heavy (non-hydrogen) atoms. The highest BCUT2D eigenvalue weighted by Crippen LogP contribution is 2.24. The number of hydrogen-bond acceptors (Lipinski definition) is 3. The maximum Gasteiger partial charge on any atom is 0.350 e. The molecule has 0 spiro atoms. The van der Waals surface area contributed by atoms with E-state index in [1.54, 1.807) is 18.3 Å². The van der Waals surface area contributed by atoms with Crippen molar-refractivity contribution in [1.82, 2.24) is 19.5 Å². The predicted octanol–water partition coefficient (Wildman–Crippen LogP) is 0.801. The van der Waals surface area contributed by atoms with Gasteiger partial charge in [0.2, 0.25) is 5.91 Å². The number of fused-ring (bicyclic) bond motifs is 1. The summed E-state index contributed by atoms with van der Waals surface area (Å²) in [7, 11) is 0. The predicted molar refractivity (Wildman–Crippen MR) is 74.4 cm³/mol. The van der Waals surface area contributed by atoms with Crippen molar-refractivity contribution in [3.63, 3.8) is 0 Å². The first-order valence-electron chi connectivity index (χ1n) is 6.97. The zero-order valence-electron chi connectivity index (χ0n) is 11.5. The average Bonchev–Trinajstić information content (AvgIpc) is 2.95. The Morgan fingerprint density at radius 3 is 3.00 bits per heavy atom. The summed E-state index contributed by atoms with van der Waals surface area (Å²) in [6.07, 6.45) is 4.84. The molecule has 0 radical (unpaired) electrons. The third-order valence-corrected chi connectivity index (χ3v) is 3.84. The Hall–Kier alpha value is -2.11. The highest BCUT2D eigenvalue weighted by Gasteiger charge is 2.23. The molecule has 0 aromatic carbocycles. The standard InChI is InChI=1S/C14H18N4O2/c1-10-5-6-11(8-10)15-13(19)9-18-14(20)17-7-3-2-4-12(17)16-18/h2-4,7,10-11H,5-6,8-9H2,1H3,(H,15,19). The molecule has 1 saturated carbocycles. The minimum Gasteiger partial charge on any atom is -0.352 e. The number of rotatable bonds is 3. The number of aromatic nitrogens is 3. The second-order valence-corrected chi connectivity index (χ2v) is 5.55. The number of carbonyl (C=O) groups excluding carboxylic acids is 1. The van der Waals surface area contributed by atoms with Gasteiger partial charge in [-0.1, -0.05) is 13.0 Å². The minimum atomic E-state index is -0.282. The van der Waals surface area contributed by atoms with Crippen LogP contribution < -0.4 is 11.0 Å². The van der Waals surface area contributed by atoms with E-state index in [1.807, 2.05) is 6.07 Å². The topological polar surface area (TPSA) is 68.4 Å². The molecule has 2 heterocycles. The zero-order valence-corrected chi connectivity index (χ0v) is 11.5. The number of amides is 1. The van der Waals surface area contributed by atoms with Gasteiger partial charge in [0.15, 0.2) is 5.65 Å². The lowest BCUT2D eigenvalue weighted by molar-refractivity contribution is -0.122. The summed E-state index contributed by atoms with van der Waals surface area (Å²) in [6, 6.07) is 5.56. The second-order valence-electron chi connectivity index (χ2n) is 5.55. The first kappa shape index (κ1) is 12.9. The Bertz CT molecular complexity index is 688. The zero-order chi connectivity index (χ0) is 14.1. The van der Waals surface area contributed by atoms with Crippen LogP contribution in [0.15, 0.2) is 29.2 Å². The van der Waals surface area contributed by atoms with Gasteiger partial charge in [0, 0.05) is 12.2 Å². The van der Waals surface area contributed by atoms with Crippen molar-refractivity contribution in [3.8, 4) is 0 Å². The molecule has 1 N–H and O–H groups in total. The molecule has 106 valence electrons. The maximum atomic E-state index is 12.0. The summed E-state index contributed by atoms with van der Waals surface area (Å²) in [5.74, 6) is 0.521. The van der Waals surface area contributed by atoms with E-state index in [1.165, 1.54) is 9.08 Å². The fraction of sp³-hybridized carbons (Fsp3) is 0.500. The van der Waals surface area contributed by atoms with Crippen LogP contribution in [0.1, 0.15) is 26.2 Å². The molecule has 0 bridgehead atoms. The first-order chi connectivity index (χ1) is 9.63. The molecule has 0 saturated heterocycles. The van der Waals surface area contributed by atoms with Crippen LogP contribution in [-0.2, 0) is 11.3 Å². The van der Waals surface area contributed by atoms with Gasteiger partial charge < -0.3 is 5.32 Å². The summed E-state index contributed by atoms with van der Waals surface area (Å²) < 4.78 is 2.65. The molecule has 6 nitrogen and oxygen atoms in total. The molecule has 2 unspecified atom stereocenters. The van der Waals surface area contributed by atoms with E-state index < -0.39 is 0 Å². The average molecular weight is 274 g/mol. The number of nitrogens with zero attached hydrogens (tertiary/aromatic N) is 3. The van der Waals surface area contributed by atoms with Gasteiger partial charge in [0.1, 0.15) is 6.54 Å².